The Hall–Kier alpha value is -0.360. The van der Waals surface area contributed by atoms with Crippen LogP contribution in [-0.4, -0.2) is 5.11 Å². The molecule has 0 aliphatic heterocycles. The summed E-state index contributed by atoms with van der Waals surface area (Å²) in [6.45, 7) is 2.53. The van der Waals surface area contributed by atoms with E-state index in [1.54, 1.807) is 18.3 Å². The highest BCUT2D eigenvalue weighted by atomic mass is 79.9. The summed E-state index contributed by atoms with van der Waals surface area (Å²) in [6.07, 6.45) is -0.462. The topological polar surface area (TPSA) is 32.3 Å². The monoisotopic (exact) mass is 389 g/mol. The van der Waals surface area contributed by atoms with Gasteiger partial charge >= 0.3 is 0 Å². The number of thiophene rings is 1. The van der Waals surface area contributed by atoms with Crippen molar-refractivity contribution in [2.45, 2.75) is 19.6 Å². The van der Waals surface area contributed by atoms with Gasteiger partial charge in [0.25, 0.3) is 0 Å². The summed E-state index contributed by atoms with van der Waals surface area (Å²) in [5.74, 6) is 0. The second-order valence-corrected chi connectivity index (χ2v) is 7.26. The van der Waals surface area contributed by atoms with Crippen LogP contribution in [0, 0.1) is 0 Å². The van der Waals surface area contributed by atoms with E-state index in [2.05, 4.69) is 43.2 Å². The molecule has 0 amide bonds. The van der Waals surface area contributed by atoms with Crippen molar-refractivity contribution in [2.24, 2.45) is 0 Å². The molecule has 2 aromatic rings. The number of aliphatic hydroxyl groups excluding tert-OH is 1. The molecule has 2 rings (SSSR count). The maximum absolute atomic E-state index is 9.70. The molecule has 0 radical (unpaired) electrons. The lowest BCUT2D eigenvalue weighted by atomic mass is 10.1. The SMILES string of the molecule is CC(O)c1ccccc1NCc1cc(Br)c(Br)s1. The molecule has 0 aliphatic rings. The van der Waals surface area contributed by atoms with E-state index < -0.39 is 6.10 Å². The molecule has 0 bridgehead atoms. The van der Waals surface area contributed by atoms with Gasteiger partial charge in [0.15, 0.2) is 0 Å². The molecule has 96 valence electrons. The Morgan fingerprint density at radius 1 is 1.33 bits per heavy atom. The van der Waals surface area contributed by atoms with Gasteiger partial charge in [0.05, 0.1) is 9.89 Å². The average Bonchev–Trinajstić information content (AvgIpc) is 2.66. The van der Waals surface area contributed by atoms with Gasteiger partial charge in [0.1, 0.15) is 0 Å². The fraction of sp³-hybridized carbons (Fsp3) is 0.231. The smallest absolute Gasteiger partial charge is 0.0843 e. The highest BCUT2D eigenvalue weighted by molar-refractivity contribution is 9.13. The number of para-hydroxylation sites is 1. The van der Waals surface area contributed by atoms with Gasteiger partial charge in [-0.3, -0.25) is 0 Å². The van der Waals surface area contributed by atoms with Gasteiger partial charge in [-0.25, -0.2) is 0 Å². The van der Waals surface area contributed by atoms with Crippen LogP contribution in [0.5, 0.6) is 0 Å². The van der Waals surface area contributed by atoms with Gasteiger partial charge in [-0.05, 0) is 50.9 Å². The molecule has 2 N–H and O–H groups in total. The second-order valence-electron chi connectivity index (χ2n) is 3.95. The maximum atomic E-state index is 9.70. The molecule has 1 aromatic carbocycles. The Labute approximate surface area is 127 Å². The zero-order chi connectivity index (χ0) is 13.1. The number of hydrogen-bond donors (Lipinski definition) is 2. The molecule has 0 aliphatic carbocycles. The number of aliphatic hydroxyl groups is 1. The van der Waals surface area contributed by atoms with Crippen molar-refractivity contribution < 1.29 is 5.11 Å². The summed E-state index contributed by atoms with van der Waals surface area (Å²) < 4.78 is 2.18. The van der Waals surface area contributed by atoms with Crippen LogP contribution in [-0.2, 0) is 6.54 Å². The molecule has 1 unspecified atom stereocenters. The summed E-state index contributed by atoms with van der Waals surface area (Å²) in [6, 6.07) is 9.92. The van der Waals surface area contributed by atoms with Crippen LogP contribution in [0.3, 0.4) is 0 Å². The Balaban J connectivity index is 2.10. The van der Waals surface area contributed by atoms with Crippen LogP contribution in [0.15, 0.2) is 38.6 Å². The second kappa shape index (κ2) is 6.19. The van der Waals surface area contributed by atoms with E-state index in [0.29, 0.717) is 0 Å². The molecule has 1 aromatic heterocycles. The standard InChI is InChI=1S/C13H13Br2NOS/c1-8(17)10-4-2-3-5-12(10)16-7-9-6-11(14)13(15)18-9/h2-6,8,16-17H,7H2,1H3. The summed E-state index contributed by atoms with van der Waals surface area (Å²) in [7, 11) is 0. The Morgan fingerprint density at radius 3 is 2.67 bits per heavy atom. The van der Waals surface area contributed by atoms with E-state index in [-0.39, 0.29) is 0 Å². The predicted molar refractivity (Wildman–Crippen MR) is 84.1 cm³/mol. The quantitative estimate of drug-likeness (QED) is 0.774. The van der Waals surface area contributed by atoms with E-state index >= 15 is 0 Å². The molecule has 0 fully saturated rings. The third-order valence-electron chi connectivity index (χ3n) is 2.56. The Morgan fingerprint density at radius 2 is 2.06 bits per heavy atom. The molecule has 18 heavy (non-hydrogen) atoms. The number of hydrogen-bond acceptors (Lipinski definition) is 3. The first-order valence-corrected chi connectivity index (χ1v) is 7.92. The number of nitrogens with one attached hydrogen (secondary N) is 1. The highest BCUT2D eigenvalue weighted by Gasteiger charge is 2.08. The molecule has 0 saturated carbocycles. The lowest BCUT2D eigenvalue weighted by molar-refractivity contribution is 0.200. The van der Waals surface area contributed by atoms with Gasteiger partial charge in [-0.1, -0.05) is 18.2 Å². The molecular weight excluding hydrogens is 378 g/mol. The van der Waals surface area contributed by atoms with Crippen molar-refractivity contribution in [3.63, 3.8) is 0 Å². The number of rotatable bonds is 4. The third-order valence-corrected chi connectivity index (χ3v) is 5.82. The van der Waals surface area contributed by atoms with Gasteiger partial charge in [-0.2, -0.15) is 0 Å². The normalized spacial score (nSPS) is 12.4. The molecule has 1 atom stereocenters. The fourth-order valence-electron chi connectivity index (χ4n) is 1.68. The summed E-state index contributed by atoms with van der Waals surface area (Å²) in [5, 5.41) is 13.1. The molecular formula is C13H13Br2NOS. The molecule has 5 heteroatoms. The molecule has 2 nitrogen and oxygen atoms in total. The number of anilines is 1. The lowest BCUT2D eigenvalue weighted by Crippen LogP contribution is -2.03. The summed E-state index contributed by atoms with van der Waals surface area (Å²) >= 11 is 8.65. The number of benzene rings is 1. The van der Waals surface area contributed by atoms with Gasteiger partial charge in [0, 0.05) is 27.1 Å². The van der Waals surface area contributed by atoms with E-state index in [9.17, 15) is 5.11 Å². The van der Waals surface area contributed by atoms with Crippen molar-refractivity contribution in [3.8, 4) is 0 Å². The van der Waals surface area contributed by atoms with Gasteiger partial charge < -0.3 is 10.4 Å². The van der Waals surface area contributed by atoms with Crippen molar-refractivity contribution in [2.75, 3.05) is 5.32 Å². The van der Waals surface area contributed by atoms with Crippen molar-refractivity contribution in [1.29, 1.82) is 0 Å². The minimum Gasteiger partial charge on any atom is -0.389 e. The van der Waals surface area contributed by atoms with Crippen molar-refractivity contribution in [1.82, 2.24) is 0 Å². The third kappa shape index (κ3) is 3.35. The van der Waals surface area contributed by atoms with E-state index in [1.807, 2.05) is 24.3 Å². The Kier molecular flexibility index (Phi) is 4.84. The van der Waals surface area contributed by atoms with Crippen LogP contribution in [0.1, 0.15) is 23.5 Å². The van der Waals surface area contributed by atoms with Crippen LogP contribution in [0.25, 0.3) is 0 Å². The summed E-state index contributed by atoms with van der Waals surface area (Å²) in [4.78, 5) is 1.23. The first kappa shape index (κ1) is 14.1. The zero-order valence-corrected chi connectivity index (χ0v) is 13.8. The van der Waals surface area contributed by atoms with Crippen LogP contribution >= 0.6 is 43.2 Å². The molecule has 0 saturated heterocycles. The van der Waals surface area contributed by atoms with Gasteiger partial charge in [-0.15, -0.1) is 11.3 Å². The van der Waals surface area contributed by atoms with Crippen LogP contribution in [0.4, 0.5) is 5.69 Å². The van der Waals surface area contributed by atoms with Crippen LogP contribution < -0.4 is 5.32 Å². The van der Waals surface area contributed by atoms with E-state index in [0.717, 1.165) is 26.1 Å². The number of halogens is 2. The largest absolute Gasteiger partial charge is 0.389 e. The fourth-order valence-corrected chi connectivity index (χ4v) is 3.80. The molecule has 0 spiro atoms. The van der Waals surface area contributed by atoms with Crippen LogP contribution in [0.2, 0.25) is 0 Å². The van der Waals surface area contributed by atoms with Crippen molar-refractivity contribution in [3.05, 3.63) is 49.0 Å². The summed E-state index contributed by atoms with van der Waals surface area (Å²) in [5.41, 5.74) is 1.90. The maximum Gasteiger partial charge on any atom is 0.0843 e. The van der Waals surface area contributed by atoms with Gasteiger partial charge in [0.2, 0.25) is 0 Å². The zero-order valence-electron chi connectivity index (χ0n) is 9.78. The predicted octanol–water partition coefficient (Wildman–Crippen LogP) is 4.94. The highest BCUT2D eigenvalue weighted by Crippen LogP contribution is 2.33. The Bertz CT molecular complexity index is 520. The minimum absolute atomic E-state index is 0.462. The van der Waals surface area contributed by atoms with E-state index in [4.69, 9.17) is 0 Å². The molecule has 1 heterocycles. The first-order valence-electron chi connectivity index (χ1n) is 5.52. The van der Waals surface area contributed by atoms with Crippen molar-refractivity contribution >= 4 is 48.9 Å². The first-order chi connectivity index (χ1) is 8.58. The van der Waals surface area contributed by atoms with E-state index in [1.165, 1.54) is 4.88 Å². The lowest BCUT2D eigenvalue weighted by Gasteiger charge is -2.13. The average molecular weight is 391 g/mol. The minimum atomic E-state index is -0.462.